The van der Waals surface area contributed by atoms with Gasteiger partial charge in [-0.05, 0) is 27.2 Å². The highest BCUT2D eigenvalue weighted by atomic mass is 32.2. The molecule has 2 atom stereocenters. The molecule has 0 fully saturated rings. The van der Waals surface area contributed by atoms with Crippen molar-refractivity contribution in [2.75, 3.05) is 5.32 Å². The maximum atomic E-state index is 12.6. The van der Waals surface area contributed by atoms with Gasteiger partial charge in [-0.25, -0.2) is 9.67 Å². The van der Waals surface area contributed by atoms with Crippen molar-refractivity contribution in [3.05, 3.63) is 42.1 Å². The van der Waals surface area contributed by atoms with E-state index in [1.807, 2.05) is 48.9 Å². The molecule has 7 nitrogen and oxygen atoms in total. The fraction of sp³-hybridized carbons (Fsp3) is 0.368. The van der Waals surface area contributed by atoms with E-state index in [2.05, 4.69) is 39.4 Å². The second-order valence-corrected chi connectivity index (χ2v) is 7.81. The molecule has 2 aromatic heterocycles. The predicted octanol–water partition coefficient (Wildman–Crippen LogP) is 4.07. The minimum Gasteiger partial charge on any atom is -0.310 e. The summed E-state index contributed by atoms with van der Waals surface area (Å²) in [7, 11) is 0. The van der Waals surface area contributed by atoms with Gasteiger partial charge >= 0.3 is 0 Å². The predicted molar refractivity (Wildman–Crippen MR) is 108 cm³/mol. The van der Waals surface area contributed by atoms with Crippen LogP contribution in [0.1, 0.15) is 38.8 Å². The molecule has 1 aromatic carbocycles. The number of hydrogen-bond donors (Lipinski definition) is 2. The summed E-state index contributed by atoms with van der Waals surface area (Å²) in [5, 5.41) is 14.6. The quantitative estimate of drug-likeness (QED) is 0.600. The number of aromatic nitrogens is 5. The Labute approximate surface area is 163 Å². The van der Waals surface area contributed by atoms with Crippen LogP contribution in [0.2, 0.25) is 0 Å². The normalized spacial score (nSPS) is 13.3. The molecule has 2 N–H and O–H groups in total. The number of nitrogens with one attached hydrogen (secondary N) is 2. The van der Waals surface area contributed by atoms with Gasteiger partial charge < -0.3 is 5.32 Å². The molecular weight excluding hydrogens is 360 g/mol. The number of hydrogen-bond acceptors (Lipinski definition) is 5. The molecule has 0 aliphatic carbocycles. The summed E-state index contributed by atoms with van der Waals surface area (Å²) in [6.45, 7) is 8.04. The van der Waals surface area contributed by atoms with E-state index in [1.165, 1.54) is 17.3 Å². The van der Waals surface area contributed by atoms with E-state index in [4.69, 9.17) is 0 Å². The number of aryl methyl sites for hydroxylation is 1. The number of anilines is 1. The summed E-state index contributed by atoms with van der Waals surface area (Å²) in [5.41, 5.74) is 2.16. The minimum atomic E-state index is -0.341. The lowest BCUT2D eigenvalue weighted by molar-refractivity contribution is -0.115. The van der Waals surface area contributed by atoms with Gasteiger partial charge in [0.25, 0.3) is 0 Å². The molecule has 0 aliphatic heterocycles. The Morgan fingerprint density at radius 1 is 1.26 bits per heavy atom. The standard InChI is InChI=1S/C19H24N6OS/c1-5-13(3)25-16(10-11-20-25)21-18(26)14(4)27-19-22-17(23-24-19)15-8-6-12(2)7-9-15/h6-11,13-14H,5H2,1-4H3,(H,21,26)(H,22,23,24)/t13-,14-/m0/s1. The number of carbonyl (C=O) groups is 1. The molecule has 0 spiro atoms. The molecule has 0 saturated heterocycles. The summed E-state index contributed by atoms with van der Waals surface area (Å²) >= 11 is 1.32. The number of thioether (sulfide) groups is 1. The molecule has 0 saturated carbocycles. The van der Waals surface area contributed by atoms with Gasteiger partial charge in [-0.3, -0.25) is 9.89 Å². The zero-order valence-electron chi connectivity index (χ0n) is 15.9. The van der Waals surface area contributed by atoms with Gasteiger partial charge in [-0.15, -0.1) is 5.10 Å². The van der Waals surface area contributed by atoms with Crippen LogP contribution < -0.4 is 5.32 Å². The highest BCUT2D eigenvalue weighted by Gasteiger charge is 2.19. The summed E-state index contributed by atoms with van der Waals surface area (Å²) in [4.78, 5) is 17.0. The third kappa shape index (κ3) is 4.57. The summed E-state index contributed by atoms with van der Waals surface area (Å²) in [6.07, 6.45) is 2.64. The molecule has 0 unspecified atom stereocenters. The van der Waals surface area contributed by atoms with Crippen molar-refractivity contribution in [2.24, 2.45) is 0 Å². The van der Waals surface area contributed by atoms with Gasteiger partial charge in [0, 0.05) is 11.6 Å². The van der Waals surface area contributed by atoms with Crippen LogP contribution in [-0.2, 0) is 4.79 Å². The van der Waals surface area contributed by atoms with Crippen LogP contribution in [0.15, 0.2) is 41.7 Å². The van der Waals surface area contributed by atoms with E-state index in [0.717, 1.165) is 12.0 Å². The van der Waals surface area contributed by atoms with Gasteiger partial charge in [0.05, 0.1) is 17.5 Å². The van der Waals surface area contributed by atoms with Gasteiger partial charge in [0.1, 0.15) is 5.82 Å². The lowest BCUT2D eigenvalue weighted by atomic mass is 10.1. The first-order chi connectivity index (χ1) is 13.0. The third-order valence-corrected chi connectivity index (χ3v) is 5.33. The summed E-state index contributed by atoms with van der Waals surface area (Å²) in [5.74, 6) is 1.30. The van der Waals surface area contributed by atoms with Crippen molar-refractivity contribution in [1.29, 1.82) is 0 Å². The van der Waals surface area contributed by atoms with E-state index < -0.39 is 0 Å². The van der Waals surface area contributed by atoms with Gasteiger partial charge in [-0.2, -0.15) is 5.10 Å². The second kappa shape index (κ2) is 8.39. The van der Waals surface area contributed by atoms with E-state index >= 15 is 0 Å². The first-order valence-corrected chi connectivity index (χ1v) is 9.86. The van der Waals surface area contributed by atoms with Crippen molar-refractivity contribution in [2.45, 2.75) is 50.6 Å². The Kier molecular flexibility index (Phi) is 5.95. The zero-order valence-corrected chi connectivity index (χ0v) is 16.7. The molecule has 1 amide bonds. The molecule has 27 heavy (non-hydrogen) atoms. The van der Waals surface area contributed by atoms with Crippen molar-refractivity contribution >= 4 is 23.5 Å². The Morgan fingerprint density at radius 3 is 2.70 bits per heavy atom. The Bertz CT molecular complexity index is 901. The van der Waals surface area contributed by atoms with Crippen molar-refractivity contribution < 1.29 is 4.79 Å². The van der Waals surface area contributed by atoms with Gasteiger partial charge in [-0.1, -0.05) is 48.5 Å². The zero-order chi connectivity index (χ0) is 19.4. The van der Waals surface area contributed by atoms with E-state index in [-0.39, 0.29) is 17.2 Å². The van der Waals surface area contributed by atoms with Crippen LogP contribution in [0.4, 0.5) is 5.82 Å². The monoisotopic (exact) mass is 384 g/mol. The van der Waals surface area contributed by atoms with Crippen LogP contribution >= 0.6 is 11.8 Å². The molecular formula is C19H24N6OS. The Balaban J connectivity index is 1.64. The minimum absolute atomic E-state index is 0.105. The smallest absolute Gasteiger partial charge is 0.238 e. The van der Waals surface area contributed by atoms with E-state index in [1.54, 1.807) is 6.20 Å². The molecule has 8 heteroatoms. The second-order valence-electron chi connectivity index (χ2n) is 6.50. The van der Waals surface area contributed by atoms with Crippen molar-refractivity contribution in [1.82, 2.24) is 25.0 Å². The largest absolute Gasteiger partial charge is 0.310 e. The average molecular weight is 385 g/mol. The summed E-state index contributed by atoms with van der Waals surface area (Å²) in [6, 6.07) is 10.1. The topological polar surface area (TPSA) is 88.5 Å². The van der Waals surface area contributed by atoms with Crippen LogP contribution in [0.25, 0.3) is 11.4 Å². The highest BCUT2D eigenvalue weighted by molar-refractivity contribution is 8.00. The number of rotatable bonds is 7. The maximum Gasteiger partial charge on any atom is 0.238 e. The third-order valence-electron chi connectivity index (χ3n) is 4.37. The number of H-pyrrole nitrogens is 1. The lowest BCUT2D eigenvalue weighted by Crippen LogP contribution is -2.24. The molecule has 142 valence electrons. The van der Waals surface area contributed by atoms with Crippen LogP contribution in [-0.4, -0.2) is 36.1 Å². The molecule has 0 radical (unpaired) electrons. The molecule has 3 rings (SSSR count). The fourth-order valence-electron chi connectivity index (χ4n) is 2.52. The number of nitrogens with zero attached hydrogens (tertiary/aromatic N) is 4. The van der Waals surface area contributed by atoms with Crippen LogP contribution in [0.5, 0.6) is 0 Å². The Morgan fingerprint density at radius 2 is 2.00 bits per heavy atom. The maximum absolute atomic E-state index is 12.6. The van der Waals surface area contributed by atoms with Gasteiger partial charge in [0.15, 0.2) is 5.82 Å². The first-order valence-electron chi connectivity index (χ1n) is 8.98. The Hall–Kier alpha value is -2.61. The van der Waals surface area contributed by atoms with Crippen molar-refractivity contribution in [3.8, 4) is 11.4 Å². The van der Waals surface area contributed by atoms with Crippen LogP contribution in [0.3, 0.4) is 0 Å². The number of amides is 1. The number of carbonyl (C=O) groups excluding carboxylic acids is 1. The van der Waals surface area contributed by atoms with Crippen LogP contribution in [0, 0.1) is 6.92 Å². The fourth-order valence-corrected chi connectivity index (χ4v) is 3.24. The number of benzene rings is 1. The molecule has 3 aromatic rings. The van der Waals surface area contributed by atoms with Gasteiger partial charge in [0.2, 0.25) is 11.1 Å². The number of aromatic amines is 1. The summed E-state index contributed by atoms with van der Waals surface area (Å²) < 4.78 is 1.83. The first kappa shape index (κ1) is 19.2. The lowest BCUT2D eigenvalue weighted by Gasteiger charge is -2.15. The highest BCUT2D eigenvalue weighted by Crippen LogP contribution is 2.24. The molecule has 0 aliphatic rings. The van der Waals surface area contributed by atoms with Crippen molar-refractivity contribution in [3.63, 3.8) is 0 Å². The van der Waals surface area contributed by atoms with E-state index in [9.17, 15) is 4.79 Å². The molecule has 2 heterocycles. The molecule has 0 bridgehead atoms. The SMILES string of the molecule is CC[C@H](C)n1nccc1NC(=O)[C@H](C)Sc1n[nH]c(-c2ccc(C)cc2)n1. The van der Waals surface area contributed by atoms with E-state index in [0.29, 0.717) is 16.8 Å². The average Bonchev–Trinajstić information content (AvgIpc) is 3.31.